The Balaban J connectivity index is 2.23. The molecule has 1 unspecified atom stereocenters. The first-order valence-corrected chi connectivity index (χ1v) is 7.39. The fourth-order valence-electron chi connectivity index (χ4n) is 2.32. The fourth-order valence-corrected chi connectivity index (χ4v) is 2.51. The first-order valence-electron chi connectivity index (χ1n) is 7.01. The Morgan fingerprint density at radius 2 is 2.33 bits per heavy atom. The van der Waals surface area contributed by atoms with Crippen LogP contribution in [-0.4, -0.2) is 42.1 Å². The number of ether oxygens (including phenoxy) is 1. The van der Waals surface area contributed by atoms with Crippen molar-refractivity contribution in [1.82, 2.24) is 9.88 Å². The lowest BCUT2D eigenvalue weighted by atomic mass is 10.1. The summed E-state index contributed by atoms with van der Waals surface area (Å²) in [5.41, 5.74) is 2.65. The predicted molar refractivity (Wildman–Crippen MR) is 82.2 cm³/mol. The summed E-state index contributed by atoms with van der Waals surface area (Å²) in [4.78, 5) is 18.7. The van der Waals surface area contributed by atoms with Gasteiger partial charge in [0.15, 0.2) is 0 Å². The summed E-state index contributed by atoms with van der Waals surface area (Å²) in [7, 11) is 1.62. The Kier molecular flexibility index (Phi) is 5.39. The number of nitrogen functional groups attached to an aromatic ring is 1. The van der Waals surface area contributed by atoms with Gasteiger partial charge in [-0.1, -0.05) is 11.6 Å². The first kappa shape index (κ1) is 16.0. The van der Waals surface area contributed by atoms with Crippen molar-refractivity contribution >= 4 is 23.3 Å². The molecule has 1 aromatic heterocycles. The van der Waals surface area contributed by atoms with E-state index in [0.717, 1.165) is 12.8 Å². The number of nitrogens with one attached hydrogen (secondary N) is 1. The van der Waals surface area contributed by atoms with Gasteiger partial charge in [0.1, 0.15) is 11.5 Å². The molecule has 0 bridgehead atoms. The summed E-state index contributed by atoms with van der Waals surface area (Å²) in [6, 6.07) is 3.40. The SMILES string of the molecule is COCCN(C(=O)c1nc(NN)ccc1Cl)C(C)C1CC1. The molecule has 1 fully saturated rings. The second kappa shape index (κ2) is 7.06. The lowest BCUT2D eigenvalue weighted by Gasteiger charge is -2.29. The number of carbonyl (C=O) groups excluding carboxylic acids is 1. The van der Waals surface area contributed by atoms with E-state index in [0.29, 0.717) is 29.9 Å². The van der Waals surface area contributed by atoms with Gasteiger partial charge >= 0.3 is 0 Å². The summed E-state index contributed by atoms with van der Waals surface area (Å²) < 4.78 is 5.10. The van der Waals surface area contributed by atoms with E-state index in [1.165, 1.54) is 0 Å². The second-order valence-electron chi connectivity index (χ2n) is 5.24. The topological polar surface area (TPSA) is 80.5 Å². The molecule has 1 aliphatic rings. The number of hydrogen-bond donors (Lipinski definition) is 2. The van der Waals surface area contributed by atoms with Crippen LogP contribution in [0.5, 0.6) is 0 Å². The van der Waals surface area contributed by atoms with Gasteiger partial charge in [-0.15, -0.1) is 0 Å². The van der Waals surface area contributed by atoms with E-state index in [1.54, 1.807) is 24.1 Å². The lowest BCUT2D eigenvalue weighted by molar-refractivity contribution is 0.0589. The molecule has 116 valence electrons. The van der Waals surface area contributed by atoms with Crippen LogP contribution in [-0.2, 0) is 4.74 Å². The van der Waals surface area contributed by atoms with E-state index >= 15 is 0 Å². The smallest absolute Gasteiger partial charge is 0.274 e. The molecule has 1 aliphatic carbocycles. The minimum atomic E-state index is -0.187. The molecule has 1 heterocycles. The predicted octanol–water partition coefficient (Wildman–Crippen LogP) is 1.91. The molecule has 7 heteroatoms. The molecule has 1 amide bonds. The molecule has 0 saturated heterocycles. The minimum Gasteiger partial charge on any atom is -0.383 e. The Morgan fingerprint density at radius 1 is 1.62 bits per heavy atom. The number of rotatable bonds is 7. The van der Waals surface area contributed by atoms with Crippen molar-refractivity contribution in [2.24, 2.45) is 11.8 Å². The van der Waals surface area contributed by atoms with Crippen molar-refractivity contribution in [2.45, 2.75) is 25.8 Å². The maximum atomic E-state index is 12.8. The molecular formula is C14H21ClN4O2. The summed E-state index contributed by atoms with van der Waals surface area (Å²) in [5.74, 6) is 6.12. The summed E-state index contributed by atoms with van der Waals surface area (Å²) in [6.45, 7) is 3.06. The van der Waals surface area contributed by atoms with E-state index in [9.17, 15) is 4.79 Å². The number of nitrogens with zero attached hydrogens (tertiary/aromatic N) is 2. The number of hydrogen-bond acceptors (Lipinski definition) is 5. The number of anilines is 1. The van der Waals surface area contributed by atoms with Crippen molar-refractivity contribution in [3.8, 4) is 0 Å². The summed E-state index contributed by atoms with van der Waals surface area (Å²) in [6.07, 6.45) is 2.31. The highest BCUT2D eigenvalue weighted by atomic mass is 35.5. The maximum Gasteiger partial charge on any atom is 0.274 e. The van der Waals surface area contributed by atoms with E-state index in [4.69, 9.17) is 22.2 Å². The minimum absolute atomic E-state index is 0.153. The average molecular weight is 313 g/mol. The van der Waals surface area contributed by atoms with Crippen LogP contribution in [0.15, 0.2) is 12.1 Å². The summed E-state index contributed by atoms with van der Waals surface area (Å²) >= 11 is 6.12. The lowest BCUT2D eigenvalue weighted by Crippen LogP contribution is -2.42. The van der Waals surface area contributed by atoms with Crippen LogP contribution in [0.2, 0.25) is 5.02 Å². The number of halogens is 1. The Morgan fingerprint density at radius 3 is 2.90 bits per heavy atom. The normalized spacial score (nSPS) is 15.6. The van der Waals surface area contributed by atoms with Gasteiger partial charge in [-0.3, -0.25) is 4.79 Å². The van der Waals surface area contributed by atoms with Gasteiger partial charge in [-0.25, -0.2) is 10.8 Å². The molecule has 0 radical (unpaired) electrons. The zero-order valence-electron chi connectivity index (χ0n) is 12.3. The third kappa shape index (κ3) is 3.84. The highest BCUT2D eigenvalue weighted by Gasteiger charge is 2.35. The van der Waals surface area contributed by atoms with Crippen LogP contribution >= 0.6 is 11.6 Å². The van der Waals surface area contributed by atoms with Crippen LogP contribution in [0.4, 0.5) is 5.82 Å². The zero-order valence-corrected chi connectivity index (χ0v) is 13.1. The highest BCUT2D eigenvalue weighted by molar-refractivity contribution is 6.33. The Hall–Kier alpha value is -1.37. The molecule has 1 saturated carbocycles. The number of nitrogens with two attached hydrogens (primary N) is 1. The molecule has 1 atom stereocenters. The number of carbonyl (C=O) groups is 1. The number of amides is 1. The van der Waals surface area contributed by atoms with Gasteiger partial charge in [-0.05, 0) is 37.8 Å². The van der Waals surface area contributed by atoms with Crippen LogP contribution in [0.3, 0.4) is 0 Å². The van der Waals surface area contributed by atoms with Gasteiger partial charge in [0.2, 0.25) is 0 Å². The van der Waals surface area contributed by atoms with Crippen LogP contribution < -0.4 is 11.3 Å². The molecule has 3 N–H and O–H groups in total. The Labute approximate surface area is 129 Å². The molecule has 0 aliphatic heterocycles. The molecule has 6 nitrogen and oxygen atoms in total. The van der Waals surface area contributed by atoms with Crippen molar-refractivity contribution in [3.63, 3.8) is 0 Å². The quantitative estimate of drug-likeness (QED) is 0.594. The fraction of sp³-hybridized carbons (Fsp3) is 0.571. The maximum absolute atomic E-state index is 12.8. The molecule has 2 rings (SSSR count). The van der Waals surface area contributed by atoms with Gasteiger partial charge < -0.3 is 15.1 Å². The van der Waals surface area contributed by atoms with Crippen molar-refractivity contribution in [1.29, 1.82) is 0 Å². The van der Waals surface area contributed by atoms with Crippen LogP contribution in [0, 0.1) is 5.92 Å². The number of methoxy groups -OCH3 is 1. The van der Waals surface area contributed by atoms with Gasteiger partial charge in [0.05, 0.1) is 11.6 Å². The van der Waals surface area contributed by atoms with Crippen molar-refractivity contribution in [2.75, 3.05) is 25.7 Å². The molecule has 0 aromatic carbocycles. The molecular weight excluding hydrogens is 292 g/mol. The van der Waals surface area contributed by atoms with E-state index < -0.39 is 0 Å². The largest absolute Gasteiger partial charge is 0.383 e. The van der Waals surface area contributed by atoms with Crippen LogP contribution in [0.25, 0.3) is 0 Å². The number of hydrazine groups is 1. The Bertz CT molecular complexity index is 508. The zero-order chi connectivity index (χ0) is 15.4. The van der Waals surface area contributed by atoms with Gasteiger partial charge in [0.25, 0.3) is 5.91 Å². The second-order valence-corrected chi connectivity index (χ2v) is 5.65. The molecule has 0 spiro atoms. The molecule has 21 heavy (non-hydrogen) atoms. The third-order valence-electron chi connectivity index (χ3n) is 3.79. The number of aromatic nitrogens is 1. The highest BCUT2D eigenvalue weighted by Crippen LogP contribution is 2.35. The van der Waals surface area contributed by atoms with E-state index in [-0.39, 0.29) is 17.6 Å². The van der Waals surface area contributed by atoms with Gasteiger partial charge in [-0.2, -0.15) is 0 Å². The van der Waals surface area contributed by atoms with Crippen LogP contribution in [0.1, 0.15) is 30.3 Å². The first-order chi connectivity index (χ1) is 10.1. The number of pyridine rings is 1. The molecule has 1 aromatic rings. The third-order valence-corrected chi connectivity index (χ3v) is 4.09. The monoisotopic (exact) mass is 312 g/mol. The van der Waals surface area contributed by atoms with E-state index in [1.807, 2.05) is 0 Å². The average Bonchev–Trinajstić information content (AvgIpc) is 3.32. The van der Waals surface area contributed by atoms with Crippen molar-refractivity contribution < 1.29 is 9.53 Å². The van der Waals surface area contributed by atoms with Gasteiger partial charge in [0, 0.05) is 19.7 Å². The summed E-state index contributed by atoms with van der Waals surface area (Å²) in [5, 5.41) is 0.324. The van der Waals surface area contributed by atoms with E-state index in [2.05, 4.69) is 17.3 Å². The standard InChI is InChI=1S/C14H21ClN4O2/c1-9(10-3-4-10)19(7-8-21-2)14(20)13-11(15)5-6-12(17-13)18-16/h5-6,9-10H,3-4,7-8,16H2,1-2H3,(H,17,18). The van der Waals surface area contributed by atoms with Crippen molar-refractivity contribution in [3.05, 3.63) is 22.8 Å².